The van der Waals surface area contributed by atoms with Crippen molar-refractivity contribution in [2.75, 3.05) is 7.11 Å². The lowest BCUT2D eigenvalue weighted by atomic mass is 10.1. The van der Waals surface area contributed by atoms with Crippen molar-refractivity contribution in [2.24, 2.45) is 5.73 Å². The Hall–Kier alpha value is -2.00. The van der Waals surface area contributed by atoms with E-state index in [4.69, 9.17) is 15.2 Å². The van der Waals surface area contributed by atoms with Gasteiger partial charge in [0.25, 0.3) is 0 Å². The third kappa shape index (κ3) is 3.76. The molecule has 0 fully saturated rings. The minimum Gasteiger partial charge on any atom is -0.497 e. The smallest absolute Gasteiger partial charge is 0.128 e. The maximum absolute atomic E-state index is 6.01. The van der Waals surface area contributed by atoms with Gasteiger partial charge in [-0.25, -0.2) is 0 Å². The Morgan fingerprint density at radius 2 is 1.86 bits per heavy atom. The molecule has 1 atom stereocenters. The molecular weight excluding hydrogens is 262 g/mol. The Labute approximate surface area is 126 Å². The summed E-state index contributed by atoms with van der Waals surface area (Å²) >= 11 is 0. The number of benzene rings is 2. The molecule has 0 heterocycles. The summed E-state index contributed by atoms with van der Waals surface area (Å²) in [6.45, 7) is 6.66. The normalized spacial score (nSPS) is 12.0. The van der Waals surface area contributed by atoms with Crippen LogP contribution in [0.3, 0.4) is 0 Å². The van der Waals surface area contributed by atoms with Crippen molar-refractivity contribution in [3.8, 4) is 11.5 Å². The molecule has 2 N–H and O–H groups in total. The minimum atomic E-state index is -0.0792. The number of hydrogen-bond donors (Lipinski definition) is 1. The average Bonchev–Trinajstić information content (AvgIpc) is 2.47. The minimum absolute atomic E-state index is 0.0792. The SMILES string of the molecule is COc1ccc(C(C)N)c(OCc2cc(C)ccc2C)c1. The van der Waals surface area contributed by atoms with E-state index in [1.54, 1.807) is 7.11 Å². The zero-order chi connectivity index (χ0) is 15.4. The number of nitrogens with two attached hydrogens (primary N) is 1. The molecule has 0 aliphatic carbocycles. The van der Waals surface area contributed by atoms with E-state index in [0.29, 0.717) is 6.61 Å². The highest BCUT2D eigenvalue weighted by Gasteiger charge is 2.10. The third-order valence-electron chi connectivity index (χ3n) is 3.60. The largest absolute Gasteiger partial charge is 0.497 e. The van der Waals surface area contributed by atoms with E-state index in [2.05, 4.69) is 32.0 Å². The predicted molar refractivity (Wildman–Crippen MR) is 85.8 cm³/mol. The Kier molecular flexibility index (Phi) is 4.86. The van der Waals surface area contributed by atoms with Gasteiger partial charge in [0.05, 0.1) is 7.11 Å². The van der Waals surface area contributed by atoms with Gasteiger partial charge in [-0.2, -0.15) is 0 Å². The molecule has 0 aromatic heterocycles. The summed E-state index contributed by atoms with van der Waals surface area (Å²) in [5.41, 5.74) is 10.6. The van der Waals surface area contributed by atoms with Gasteiger partial charge in [-0.05, 0) is 38.0 Å². The van der Waals surface area contributed by atoms with Crippen LogP contribution in [0.25, 0.3) is 0 Å². The second kappa shape index (κ2) is 6.64. The Morgan fingerprint density at radius 1 is 1.10 bits per heavy atom. The molecular formula is C18H23NO2. The third-order valence-corrected chi connectivity index (χ3v) is 3.60. The van der Waals surface area contributed by atoms with E-state index in [-0.39, 0.29) is 6.04 Å². The summed E-state index contributed by atoms with van der Waals surface area (Å²) < 4.78 is 11.3. The highest BCUT2D eigenvalue weighted by molar-refractivity contribution is 5.42. The molecule has 0 spiro atoms. The van der Waals surface area contributed by atoms with Gasteiger partial charge in [-0.15, -0.1) is 0 Å². The molecule has 2 aromatic carbocycles. The van der Waals surface area contributed by atoms with Crippen molar-refractivity contribution in [1.82, 2.24) is 0 Å². The molecule has 3 heteroatoms. The van der Waals surface area contributed by atoms with Crippen LogP contribution >= 0.6 is 0 Å². The van der Waals surface area contributed by atoms with Crippen LogP contribution < -0.4 is 15.2 Å². The molecule has 0 amide bonds. The van der Waals surface area contributed by atoms with Gasteiger partial charge in [0.15, 0.2) is 0 Å². The van der Waals surface area contributed by atoms with Crippen molar-refractivity contribution < 1.29 is 9.47 Å². The monoisotopic (exact) mass is 285 g/mol. The lowest BCUT2D eigenvalue weighted by Gasteiger charge is -2.16. The van der Waals surface area contributed by atoms with Crippen LogP contribution in [-0.4, -0.2) is 7.11 Å². The molecule has 0 saturated heterocycles. The molecule has 2 rings (SSSR count). The number of hydrogen-bond acceptors (Lipinski definition) is 3. The highest BCUT2D eigenvalue weighted by atomic mass is 16.5. The van der Waals surface area contributed by atoms with Crippen molar-refractivity contribution >= 4 is 0 Å². The van der Waals surface area contributed by atoms with Gasteiger partial charge in [-0.1, -0.05) is 29.8 Å². The molecule has 0 radical (unpaired) electrons. The number of ether oxygens (including phenoxy) is 2. The molecule has 21 heavy (non-hydrogen) atoms. The van der Waals surface area contributed by atoms with Crippen LogP contribution in [0.1, 0.15) is 35.2 Å². The van der Waals surface area contributed by atoms with E-state index in [9.17, 15) is 0 Å². The average molecular weight is 285 g/mol. The molecule has 0 aliphatic rings. The molecule has 1 unspecified atom stereocenters. The van der Waals surface area contributed by atoms with E-state index >= 15 is 0 Å². The lowest BCUT2D eigenvalue weighted by molar-refractivity contribution is 0.298. The highest BCUT2D eigenvalue weighted by Crippen LogP contribution is 2.29. The van der Waals surface area contributed by atoms with E-state index in [1.807, 2.05) is 25.1 Å². The fraction of sp³-hybridized carbons (Fsp3) is 0.333. The standard InChI is InChI=1S/C18H23NO2/c1-12-5-6-13(2)15(9-12)11-21-18-10-16(20-4)7-8-17(18)14(3)19/h5-10,14H,11,19H2,1-4H3. The first kappa shape index (κ1) is 15.4. The van der Waals surface area contributed by atoms with Crippen molar-refractivity contribution in [3.63, 3.8) is 0 Å². The lowest BCUT2D eigenvalue weighted by Crippen LogP contribution is -2.08. The fourth-order valence-electron chi connectivity index (χ4n) is 2.25. The van der Waals surface area contributed by atoms with E-state index in [0.717, 1.165) is 17.1 Å². The van der Waals surface area contributed by atoms with Crippen LogP contribution in [-0.2, 0) is 6.61 Å². The summed E-state index contributed by atoms with van der Waals surface area (Å²) in [7, 11) is 1.65. The molecule has 0 bridgehead atoms. The van der Waals surface area contributed by atoms with Crippen molar-refractivity contribution in [1.29, 1.82) is 0 Å². The second-order valence-corrected chi connectivity index (χ2v) is 5.41. The summed E-state index contributed by atoms with van der Waals surface area (Å²) in [5, 5.41) is 0. The summed E-state index contributed by atoms with van der Waals surface area (Å²) in [6.07, 6.45) is 0. The topological polar surface area (TPSA) is 44.5 Å². The van der Waals surface area contributed by atoms with Gasteiger partial charge in [0, 0.05) is 17.7 Å². The molecule has 3 nitrogen and oxygen atoms in total. The molecule has 112 valence electrons. The molecule has 2 aromatic rings. The fourth-order valence-corrected chi connectivity index (χ4v) is 2.25. The van der Waals surface area contributed by atoms with Crippen LogP contribution in [0.5, 0.6) is 11.5 Å². The maximum atomic E-state index is 6.01. The van der Waals surface area contributed by atoms with Crippen LogP contribution in [0.4, 0.5) is 0 Å². The van der Waals surface area contributed by atoms with Gasteiger partial charge in [0.1, 0.15) is 18.1 Å². The van der Waals surface area contributed by atoms with Crippen LogP contribution in [0, 0.1) is 13.8 Å². The van der Waals surface area contributed by atoms with Crippen molar-refractivity contribution in [2.45, 2.75) is 33.4 Å². The number of methoxy groups -OCH3 is 1. The van der Waals surface area contributed by atoms with E-state index in [1.165, 1.54) is 16.7 Å². The first-order valence-corrected chi connectivity index (χ1v) is 7.13. The van der Waals surface area contributed by atoms with Gasteiger partial charge >= 0.3 is 0 Å². The van der Waals surface area contributed by atoms with Gasteiger partial charge < -0.3 is 15.2 Å². The van der Waals surface area contributed by atoms with Crippen molar-refractivity contribution in [3.05, 3.63) is 58.7 Å². The van der Waals surface area contributed by atoms with E-state index < -0.39 is 0 Å². The van der Waals surface area contributed by atoms with Gasteiger partial charge in [-0.3, -0.25) is 0 Å². The maximum Gasteiger partial charge on any atom is 0.128 e. The summed E-state index contributed by atoms with van der Waals surface area (Å²) in [4.78, 5) is 0. The Bertz CT molecular complexity index is 621. The second-order valence-electron chi connectivity index (χ2n) is 5.41. The van der Waals surface area contributed by atoms with Crippen LogP contribution in [0.15, 0.2) is 36.4 Å². The number of aryl methyl sites for hydroxylation is 2. The zero-order valence-electron chi connectivity index (χ0n) is 13.1. The first-order valence-electron chi connectivity index (χ1n) is 7.13. The molecule has 0 saturated carbocycles. The predicted octanol–water partition coefficient (Wildman–Crippen LogP) is 3.91. The quantitative estimate of drug-likeness (QED) is 0.905. The van der Waals surface area contributed by atoms with Crippen LogP contribution in [0.2, 0.25) is 0 Å². The summed E-state index contributed by atoms with van der Waals surface area (Å²) in [5.74, 6) is 1.56. The zero-order valence-corrected chi connectivity index (χ0v) is 13.1. The Morgan fingerprint density at radius 3 is 2.52 bits per heavy atom. The van der Waals surface area contributed by atoms with Gasteiger partial charge in [0.2, 0.25) is 0 Å². The number of rotatable bonds is 5. The summed E-state index contributed by atoms with van der Waals surface area (Å²) in [6, 6.07) is 12.1. The Balaban J connectivity index is 2.24. The molecule has 0 aliphatic heterocycles. The first-order chi connectivity index (χ1) is 10.0.